The molecule has 0 saturated heterocycles. The zero-order chi connectivity index (χ0) is 9.14. The SMILES string of the molecule is COc1ccc(C(=N)N)c(Cl)c1. The second kappa shape index (κ2) is 3.45. The number of rotatable bonds is 2. The van der Waals surface area contributed by atoms with Gasteiger partial charge in [-0.05, 0) is 18.2 Å². The molecular weight excluding hydrogens is 176 g/mol. The summed E-state index contributed by atoms with van der Waals surface area (Å²) in [4.78, 5) is 0. The summed E-state index contributed by atoms with van der Waals surface area (Å²) >= 11 is 5.80. The topological polar surface area (TPSA) is 59.1 Å². The lowest BCUT2D eigenvalue weighted by Gasteiger charge is -2.03. The Morgan fingerprint density at radius 2 is 2.25 bits per heavy atom. The van der Waals surface area contributed by atoms with Gasteiger partial charge in [0, 0.05) is 5.56 Å². The van der Waals surface area contributed by atoms with E-state index in [1.54, 1.807) is 25.3 Å². The highest BCUT2D eigenvalue weighted by molar-refractivity contribution is 6.34. The van der Waals surface area contributed by atoms with Gasteiger partial charge in [0.2, 0.25) is 0 Å². The minimum atomic E-state index is -0.0392. The van der Waals surface area contributed by atoms with Crippen molar-refractivity contribution in [2.24, 2.45) is 5.73 Å². The van der Waals surface area contributed by atoms with Gasteiger partial charge in [0.25, 0.3) is 0 Å². The van der Waals surface area contributed by atoms with Crippen LogP contribution in [0.1, 0.15) is 5.56 Å². The first-order valence-corrected chi connectivity index (χ1v) is 3.71. The highest BCUT2D eigenvalue weighted by atomic mass is 35.5. The third kappa shape index (κ3) is 1.68. The summed E-state index contributed by atoms with van der Waals surface area (Å²) in [5.74, 6) is 0.618. The Labute approximate surface area is 75.6 Å². The van der Waals surface area contributed by atoms with Crippen molar-refractivity contribution in [2.75, 3.05) is 7.11 Å². The fourth-order valence-electron chi connectivity index (χ4n) is 0.841. The standard InChI is InChI=1S/C8H9ClN2O/c1-12-5-2-3-6(8(10)11)7(9)4-5/h2-4H,1H3,(H3,10,11). The summed E-state index contributed by atoms with van der Waals surface area (Å²) in [7, 11) is 1.55. The van der Waals surface area contributed by atoms with Gasteiger partial charge < -0.3 is 10.5 Å². The Balaban J connectivity index is 3.12. The Morgan fingerprint density at radius 3 is 2.67 bits per heavy atom. The van der Waals surface area contributed by atoms with E-state index in [2.05, 4.69) is 0 Å². The van der Waals surface area contributed by atoms with Gasteiger partial charge in [-0.25, -0.2) is 0 Å². The average Bonchev–Trinajstić information content (AvgIpc) is 2.03. The van der Waals surface area contributed by atoms with Crippen molar-refractivity contribution in [3.8, 4) is 5.75 Å². The lowest BCUT2D eigenvalue weighted by Crippen LogP contribution is -2.11. The largest absolute Gasteiger partial charge is 0.497 e. The van der Waals surface area contributed by atoms with E-state index in [1.165, 1.54) is 0 Å². The monoisotopic (exact) mass is 184 g/mol. The molecule has 0 atom stereocenters. The molecule has 0 aromatic heterocycles. The Bertz CT molecular complexity index is 312. The van der Waals surface area contributed by atoms with Crippen LogP contribution in [-0.4, -0.2) is 12.9 Å². The van der Waals surface area contributed by atoms with Crippen LogP contribution in [0.5, 0.6) is 5.75 Å². The molecule has 4 heteroatoms. The van der Waals surface area contributed by atoms with Crippen molar-refractivity contribution in [3.63, 3.8) is 0 Å². The quantitative estimate of drug-likeness (QED) is 0.542. The van der Waals surface area contributed by atoms with Crippen molar-refractivity contribution < 1.29 is 4.74 Å². The fraction of sp³-hybridized carbons (Fsp3) is 0.125. The number of hydrogen-bond acceptors (Lipinski definition) is 2. The zero-order valence-electron chi connectivity index (χ0n) is 6.60. The van der Waals surface area contributed by atoms with Crippen molar-refractivity contribution in [1.29, 1.82) is 5.41 Å². The molecule has 1 rings (SSSR count). The number of halogens is 1. The van der Waals surface area contributed by atoms with Crippen LogP contribution in [0.3, 0.4) is 0 Å². The number of methoxy groups -OCH3 is 1. The molecule has 0 bridgehead atoms. The van der Waals surface area contributed by atoms with Crippen molar-refractivity contribution in [1.82, 2.24) is 0 Å². The molecular formula is C8H9ClN2O. The first-order valence-electron chi connectivity index (χ1n) is 3.33. The third-order valence-corrected chi connectivity index (χ3v) is 1.78. The highest BCUT2D eigenvalue weighted by Crippen LogP contribution is 2.21. The molecule has 3 nitrogen and oxygen atoms in total. The second-order valence-corrected chi connectivity index (χ2v) is 2.67. The molecule has 3 N–H and O–H groups in total. The Kier molecular flexibility index (Phi) is 2.55. The van der Waals surface area contributed by atoms with Gasteiger partial charge in [0.1, 0.15) is 11.6 Å². The minimum Gasteiger partial charge on any atom is -0.497 e. The van der Waals surface area contributed by atoms with Crippen LogP contribution < -0.4 is 10.5 Å². The van der Waals surface area contributed by atoms with Crippen LogP contribution in [0.2, 0.25) is 5.02 Å². The molecule has 0 aliphatic heterocycles. The molecule has 12 heavy (non-hydrogen) atoms. The summed E-state index contributed by atoms with van der Waals surface area (Å²) in [6, 6.07) is 4.99. The molecule has 1 aromatic carbocycles. The first-order chi connectivity index (χ1) is 5.65. The molecule has 0 radical (unpaired) electrons. The molecule has 0 unspecified atom stereocenters. The van der Waals surface area contributed by atoms with E-state index in [4.69, 9.17) is 27.5 Å². The van der Waals surface area contributed by atoms with Gasteiger partial charge in [-0.15, -0.1) is 0 Å². The molecule has 0 fully saturated rings. The summed E-state index contributed by atoms with van der Waals surface area (Å²) in [6.45, 7) is 0. The van der Waals surface area contributed by atoms with Crippen molar-refractivity contribution in [3.05, 3.63) is 28.8 Å². The number of amidine groups is 1. The van der Waals surface area contributed by atoms with Gasteiger partial charge >= 0.3 is 0 Å². The van der Waals surface area contributed by atoms with Crippen molar-refractivity contribution >= 4 is 17.4 Å². The average molecular weight is 185 g/mol. The van der Waals surface area contributed by atoms with Crippen LogP contribution in [-0.2, 0) is 0 Å². The van der Waals surface area contributed by atoms with E-state index in [0.717, 1.165) is 0 Å². The van der Waals surface area contributed by atoms with Crippen molar-refractivity contribution in [2.45, 2.75) is 0 Å². The van der Waals surface area contributed by atoms with Gasteiger partial charge in [-0.1, -0.05) is 11.6 Å². The van der Waals surface area contributed by atoms with E-state index >= 15 is 0 Å². The van der Waals surface area contributed by atoms with E-state index in [1.807, 2.05) is 0 Å². The maximum absolute atomic E-state index is 7.16. The number of benzene rings is 1. The Hall–Kier alpha value is -1.22. The summed E-state index contributed by atoms with van der Waals surface area (Å²) in [6.07, 6.45) is 0. The van der Waals surface area contributed by atoms with Crippen LogP contribution in [0.4, 0.5) is 0 Å². The van der Waals surface area contributed by atoms with Crippen LogP contribution in [0.15, 0.2) is 18.2 Å². The molecule has 64 valence electrons. The lowest BCUT2D eigenvalue weighted by molar-refractivity contribution is 0.415. The molecule has 1 aromatic rings. The smallest absolute Gasteiger partial charge is 0.124 e. The predicted molar refractivity (Wildman–Crippen MR) is 49.0 cm³/mol. The van der Waals surface area contributed by atoms with Crippen LogP contribution in [0.25, 0.3) is 0 Å². The normalized spacial score (nSPS) is 9.50. The molecule has 0 spiro atoms. The number of ether oxygens (including phenoxy) is 1. The van der Waals surface area contributed by atoms with Crippen LogP contribution >= 0.6 is 11.6 Å². The lowest BCUT2D eigenvalue weighted by atomic mass is 10.2. The third-order valence-electron chi connectivity index (χ3n) is 1.47. The summed E-state index contributed by atoms with van der Waals surface area (Å²) in [5, 5.41) is 7.59. The van der Waals surface area contributed by atoms with E-state index < -0.39 is 0 Å². The number of hydrogen-bond donors (Lipinski definition) is 2. The summed E-state index contributed by atoms with van der Waals surface area (Å²) < 4.78 is 4.93. The number of nitrogens with one attached hydrogen (secondary N) is 1. The summed E-state index contributed by atoms with van der Waals surface area (Å²) in [5.41, 5.74) is 5.79. The van der Waals surface area contributed by atoms with E-state index in [-0.39, 0.29) is 5.84 Å². The maximum Gasteiger partial charge on any atom is 0.124 e. The Morgan fingerprint density at radius 1 is 1.58 bits per heavy atom. The number of nitrogens with two attached hydrogens (primary N) is 1. The molecule has 0 saturated carbocycles. The van der Waals surface area contributed by atoms with E-state index in [0.29, 0.717) is 16.3 Å². The predicted octanol–water partition coefficient (Wildman–Crippen LogP) is 1.63. The fourth-order valence-corrected chi connectivity index (χ4v) is 1.11. The van der Waals surface area contributed by atoms with Crippen LogP contribution in [0, 0.1) is 5.41 Å². The van der Waals surface area contributed by atoms with Gasteiger partial charge in [0.15, 0.2) is 0 Å². The van der Waals surface area contributed by atoms with Gasteiger partial charge in [-0.2, -0.15) is 0 Å². The molecule has 0 aliphatic rings. The second-order valence-electron chi connectivity index (χ2n) is 2.26. The number of nitrogen functional groups attached to an aromatic ring is 1. The minimum absolute atomic E-state index is 0.0392. The molecule has 0 heterocycles. The zero-order valence-corrected chi connectivity index (χ0v) is 7.35. The van der Waals surface area contributed by atoms with Gasteiger partial charge in [0.05, 0.1) is 12.1 Å². The highest BCUT2D eigenvalue weighted by Gasteiger charge is 2.03. The molecule has 0 amide bonds. The molecule has 0 aliphatic carbocycles. The van der Waals surface area contributed by atoms with E-state index in [9.17, 15) is 0 Å². The maximum atomic E-state index is 7.16. The first kappa shape index (κ1) is 8.87. The van der Waals surface area contributed by atoms with Gasteiger partial charge in [-0.3, -0.25) is 5.41 Å².